The fraction of sp³-hybridized carbons (Fsp3) is 0.308. The highest BCUT2D eigenvalue weighted by Gasteiger charge is 2.12. The largest absolute Gasteiger partial charge is 0.374 e. The first kappa shape index (κ1) is 15.1. The predicted octanol–water partition coefficient (Wildman–Crippen LogP) is 0.640. The third-order valence-corrected chi connectivity index (χ3v) is 3.55. The van der Waals surface area contributed by atoms with Crippen LogP contribution in [0.5, 0.6) is 0 Å². The fourth-order valence-corrected chi connectivity index (χ4v) is 2.04. The monoisotopic (exact) mass is 280 g/mol. The van der Waals surface area contributed by atoms with Gasteiger partial charge in [0, 0.05) is 11.9 Å². The van der Waals surface area contributed by atoms with Crippen molar-refractivity contribution in [3.05, 3.63) is 24.3 Å². The van der Waals surface area contributed by atoms with E-state index in [1.165, 1.54) is 12.1 Å². The number of carbonyl (C=O) groups is 1. The lowest BCUT2D eigenvalue weighted by atomic mass is 10.2. The summed E-state index contributed by atoms with van der Waals surface area (Å²) < 4.78 is 22.6. The molecular weight excluding hydrogens is 264 g/mol. The number of terminal acetylenes is 1. The van der Waals surface area contributed by atoms with Crippen molar-refractivity contribution in [3.63, 3.8) is 0 Å². The Kier molecular flexibility index (Phi) is 4.95. The topological polar surface area (TPSA) is 75.3 Å². The summed E-state index contributed by atoms with van der Waals surface area (Å²) in [4.78, 5) is 11.8. The summed E-state index contributed by atoms with van der Waals surface area (Å²) in [6.45, 7) is 1.87. The lowest BCUT2D eigenvalue weighted by Gasteiger charge is -2.14. The number of nitrogens with one attached hydrogen (secondary N) is 2. The smallest absolute Gasteiger partial charge is 0.242 e. The van der Waals surface area contributed by atoms with Crippen LogP contribution in [0.3, 0.4) is 0 Å². The SMILES string of the molecule is C#CCNC(=O)C(C)Nc1ccc(S(C)(=O)=O)cc1. The van der Waals surface area contributed by atoms with Gasteiger partial charge in [0.2, 0.25) is 5.91 Å². The Morgan fingerprint density at radius 1 is 1.37 bits per heavy atom. The summed E-state index contributed by atoms with van der Waals surface area (Å²) in [5, 5.41) is 5.51. The highest BCUT2D eigenvalue weighted by atomic mass is 32.2. The molecule has 0 heterocycles. The van der Waals surface area contributed by atoms with Crippen LogP contribution in [0.1, 0.15) is 6.92 Å². The summed E-state index contributed by atoms with van der Waals surface area (Å²) in [7, 11) is -3.21. The van der Waals surface area contributed by atoms with E-state index in [1.54, 1.807) is 19.1 Å². The van der Waals surface area contributed by atoms with Crippen LogP contribution >= 0.6 is 0 Å². The Balaban J connectivity index is 2.68. The second kappa shape index (κ2) is 6.25. The van der Waals surface area contributed by atoms with E-state index in [2.05, 4.69) is 16.6 Å². The van der Waals surface area contributed by atoms with Crippen LogP contribution in [0.2, 0.25) is 0 Å². The third kappa shape index (κ3) is 4.64. The Bertz CT molecular complexity index is 585. The van der Waals surface area contributed by atoms with E-state index in [9.17, 15) is 13.2 Å². The molecule has 102 valence electrons. The van der Waals surface area contributed by atoms with Gasteiger partial charge in [0.25, 0.3) is 0 Å². The van der Waals surface area contributed by atoms with Gasteiger partial charge in [0.1, 0.15) is 6.04 Å². The minimum Gasteiger partial charge on any atom is -0.374 e. The molecule has 0 aliphatic heterocycles. The van der Waals surface area contributed by atoms with Gasteiger partial charge in [0.15, 0.2) is 9.84 Å². The molecule has 1 aromatic carbocycles. The van der Waals surface area contributed by atoms with Crippen molar-refractivity contribution in [2.45, 2.75) is 17.9 Å². The summed E-state index contributed by atoms with van der Waals surface area (Å²) >= 11 is 0. The number of rotatable bonds is 5. The lowest BCUT2D eigenvalue weighted by molar-refractivity contribution is -0.121. The second-order valence-electron chi connectivity index (χ2n) is 4.08. The molecule has 0 spiro atoms. The maximum atomic E-state index is 11.6. The van der Waals surface area contributed by atoms with Gasteiger partial charge in [0.05, 0.1) is 11.4 Å². The van der Waals surface area contributed by atoms with Gasteiger partial charge < -0.3 is 10.6 Å². The molecule has 0 bridgehead atoms. The van der Waals surface area contributed by atoms with Crippen molar-refractivity contribution < 1.29 is 13.2 Å². The maximum absolute atomic E-state index is 11.6. The Morgan fingerprint density at radius 3 is 2.42 bits per heavy atom. The Morgan fingerprint density at radius 2 is 1.95 bits per heavy atom. The molecule has 1 rings (SSSR count). The molecule has 5 nitrogen and oxygen atoms in total. The number of benzene rings is 1. The number of hydrogen-bond donors (Lipinski definition) is 2. The van der Waals surface area contributed by atoms with Crippen molar-refractivity contribution in [1.29, 1.82) is 0 Å². The van der Waals surface area contributed by atoms with Crippen molar-refractivity contribution in [2.75, 3.05) is 18.1 Å². The summed E-state index contributed by atoms with van der Waals surface area (Å²) in [6, 6.07) is 5.74. The molecule has 19 heavy (non-hydrogen) atoms. The number of carbonyl (C=O) groups excluding carboxylic acids is 1. The number of amides is 1. The van der Waals surface area contributed by atoms with E-state index in [-0.39, 0.29) is 17.3 Å². The van der Waals surface area contributed by atoms with E-state index in [1.807, 2.05) is 0 Å². The molecule has 2 N–H and O–H groups in total. The molecular formula is C13H16N2O3S. The minimum absolute atomic E-state index is 0.178. The molecule has 0 aliphatic carbocycles. The van der Waals surface area contributed by atoms with Crippen LogP contribution in [0.15, 0.2) is 29.2 Å². The average molecular weight is 280 g/mol. The predicted molar refractivity (Wildman–Crippen MR) is 74.5 cm³/mol. The zero-order valence-electron chi connectivity index (χ0n) is 10.8. The molecule has 1 amide bonds. The van der Waals surface area contributed by atoms with Crippen LogP contribution in [0.25, 0.3) is 0 Å². The number of hydrogen-bond acceptors (Lipinski definition) is 4. The molecule has 0 saturated carbocycles. The molecule has 0 aromatic heterocycles. The normalized spacial score (nSPS) is 12.3. The van der Waals surface area contributed by atoms with E-state index in [0.29, 0.717) is 5.69 Å². The number of anilines is 1. The first-order chi connectivity index (χ1) is 8.84. The van der Waals surface area contributed by atoms with Gasteiger partial charge in [-0.15, -0.1) is 6.42 Å². The summed E-state index contributed by atoms with van der Waals surface area (Å²) in [5.41, 5.74) is 0.663. The van der Waals surface area contributed by atoms with E-state index >= 15 is 0 Å². The van der Waals surface area contributed by atoms with Gasteiger partial charge >= 0.3 is 0 Å². The van der Waals surface area contributed by atoms with Crippen molar-refractivity contribution in [3.8, 4) is 12.3 Å². The third-order valence-electron chi connectivity index (χ3n) is 2.42. The molecule has 0 aliphatic rings. The first-order valence-electron chi connectivity index (χ1n) is 5.62. The van der Waals surface area contributed by atoms with Crippen LogP contribution in [0, 0.1) is 12.3 Å². The minimum atomic E-state index is -3.21. The van der Waals surface area contributed by atoms with E-state index in [0.717, 1.165) is 6.26 Å². The zero-order chi connectivity index (χ0) is 14.5. The Labute approximate surface area is 113 Å². The molecule has 1 atom stereocenters. The highest BCUT2D eigenvalue weighted by molar-refractivity contribution is 7.90. The standard InChI is InChI=1S/C13H16N2O3S/c1-4-9-14-13(16)10(2)15-11-5-7-12(8-6-11)19(3,17)18/h1,5-8,10,15H,9H2,2-3H3,(H,14,16). The zero-order valence-corrected chi connectivity index (χ0v) is 11.6. The van der Waals surface area contributed by atoms with Gasteiger partial charge in [-0.25, -0.2) is 8.42 Å². The summed E-state index contributed by atoms with van der Waals surface area (Å²) in [5.74, 6) is 2.10. The van der Waals surface area contributed by atoms with Crippen LogP contribution in [-0.2, 0) is 14.6 Å². The molecule has 0 saturated heterocycles. The quantitative estimate of drug-likeness (QED) is 0.776. The molecule has 1 unspecified atom stereocenters. The van der Waals surface area contributed by atoms with Gasteiger partial charge in [-0.1, -0.05) is 5.92 Å². The Hall–Kier alpha value is -2.00. The molecule has 0 radical (unpaired) electrons. The van der Waals surface area contributed by atoms with Crippen molar-refractivity contribution in [2.24, 2.45) is 0 Å². The van der Waals surface area contributed by atoms with Crippen molar-refractivity contribution in [1.82, 2.24) is 5.32 Å². The van der Waals surface area contributed by atoms with Crippen LogP contribution in [0.4, 0.5) is 5.69 Å². The van der Waals surface area contributed by atoms with E-state index < -0.39 is 15.9 Å². The van der Waals surface area contributed by atoms with Gasteiger partial charge in [-0.3, -0.25) is 4.79 Å². The van der Waals surface area contributed by atoms with Gasteiger partial charge in [-0.2, -0.15) is 0 Å². The van der Waals surface area contributed by atoms with Gasteiger partial charge in [-0.05, 0) is 31.2 Å². The first-order valence-corrected chi connectivity index (χ1v) is 7.51. The van der Waals surface area contributed by atoms with Crippen molar-refractivity contribution >= 4 is 21.4 Å². The fourth-order valence-electron chi connectivity index (χ4n) is 1.41. The molecule has 1 aromatic rings. The maximum Gasteiger partial charge on any atom is 0.242 e. The number of sulfone groups is 1. The van der Waals surface area contributed by atoms with Crippen LogP contribution < -0.4 is 10.6 Å². The summed E-state index contributed by atoms with van der Waals surface area (Å²) in [6.07, 6.45) is 6.19. The lowest BCUT2D eigenvalue weighted by Crippen LogP contribution is -2.37. The molecule has 0 fully saturated rings. The highest BCUT2D eigenvalue weighted by Crippen LogP contribution is 2.14. The second-order valence-corrected chi connectivity index (χ2v) is 6.10. The molecule has 6 heteroatoms. The average Bonchev–Trinajstić information content (AvgIpc) is 2.35. The van der Waals surface area contributed by atoms with Crippen LogP contribution in [-0.4, -0.2) is 33.2 Å². The van der Waals surface area contributed by atoms with E-state index in [4.69, 9.17) is 6.42 Å².